The summed E-state index contributed by atoms with van der Waals surface area (Å²) in [5.41, 5.74) is 7.04. The number of pyridine rings is 1. The number of hydrogen-bond acceptors (Lipinski definition) is 4. The average molecular weight is 286 g/mol. The smallest absolute Gasteiger partial charge is 0.270 e. The molecule has 0 aromatic carbocycles. The van der Waals surface area contributed by atoms with Gasteiger partial charge >= 0.3 is 0 Å². The Balaban J connectivity index is 2.05. The molecule has 6 nitrogen and oxygen atoms in total. The molecular weight excluding hydrogens is 268 g/mol. The standard InChI is InChI=1S/C15H18N4O2/c1-10-4-6-19-13(7-10)17-9-12(15(19)21)14(20)18-5-2-3-11(18)8-16/h4,6-7,9,11H,2-3,5,8,16H2,1H3. The van der Waals surface area contributed by atoms with Crippen LogP contribution in [0.2, 0.25) is 0 Å². The summed E-state index contributed by atoms with van der Waals surface area (Å²) in [6.45, 7) is 3.01. The number of nitrogens with zero attached hydrogens (tertiary/aromatic N) is 3. The molecule has 6 heteroatoms. The molecule has 0 spiro atoms. The number of amides is 1. The monoisotopic (exact) mass is 286 g/mol. The van der Waals surface area contributed by atoms with E-state index in [-0.39, 0.29) is 23.1 Å². The van der Waals surface area contributed by atoms with Crippen LogP contribution in [0.3, 0.4) is 0 Å². The van der Waals surface area contributed by atoms with Gasteiger partial charge in [-0.15, -0.1) is 0 Å². The average Bonchev–Trinajstić information content (AvgIpc) is 2.95. The van der Waals surface area contributed by atoms with Crippen molar-refractivity contribution in [3.05, 3.63) is 46.0 Å². The van der Waals surface area contributed by atoms with Gasteiger partial charge in [0.1, 0.15) is 11.2 Å². The van der Waals surface area contributed by atoms with Gasteiger partial charge in [-0.25, -0.2) is 4.98 Å². The van der Waals surface area contributed by atoms with Crippen LogP contribution in [0.15, 0.2) is 29.3 Å². The van der Waals surface area contributed by atoms with Crippen LogP contribution in [0.25, 0.3) is 5.65 Å². The third kappa shape index (κ3) is 2.31. The number of nitrogens with two attached hydrogens (primary N) is 1. The minimum atomic E-state index is -0.326. The van der Waals surface area contributed by atoms with Gasteiger partial charge in [0.25, 0.3) is 11.5 Å². The third-order valence-electron chi connectivity index (χ3n) is 4.01. The molecule has 1 unspecified atom stereocenters. The molecule has 1 amide bonds. The predicted molar refractivity (Wildman–Crippen MR) is 79.3 cm³/mol. The van der Waals surface area contributed by atoms with Gasteiger partial charge in [-0.2, -0.15) is 0 Å². The van der Waals surface area contributed by atoms with Crippen LogP contribution >= 0.6 is 0 Å². The van der Waals surface area contributed by atoms with Crippen LogP contribution in [0.1, 0.15) is 28.8 Å². The lowest BCUT2D eigenvalue weighted by molar-refractivity contribution is 0.0739. The highest BCUT2D eigenvalue weighted by Crippen LogP contribution is 2.18. The molecule has 21 heavy (non-hydrogen) atoms. The first kappa shape index (κ1) is 13.8. The zero-order valence-corrected chi connectivity index (χ0v) is 12.0. The van der Waals surface area contributed by atoms with E-state index < -0.39 is 0 Å². The molecule has 0 bridgehead atoms. The van der Waals surface area contributed by atoms with E-state index in [1.165, 1.54) is 10.6 Å². The Bertz CT molecular complexity index is 753. The molecule has 3 rings (SSSR count). The van der Waals surface area contributed by atoms with Gasteiger partial charge in [0.05, 0.1) is 0 Å². The van der Waals surface area contributed by atoms with Gasteiger partial charge in [-0.1, -0.05) is 0 Å². The van der Waals surface area contributed by atoms with Crippen molar-refractivity contribution >= 4 is 11.6 Å². The quantitative estimate of drug-likeness (QED) is 0.875. The zero-order valence-electron chi connectivity index (χ0n) is 12.0. The van der Waals surface area contributed by atoms with E-state index in [1.807, 2.05) is 19.1 Å². The SMILES string of the molecule is Cc1ccn2c(=O)c(C(=O)N3CCCC3CN)cnc2c1. The van der Waals surface area contributed by atoms with Crippen LogP contribution in [-0.2, 0) is 0 Å². The number of carbonyl (C=O) groups excluding carboxylic acids is 1. The van der Waals surface area contributed by atoms with E-state index >= 15 is 0 Å². The topological polar surface area (TPSA) is 80.7 Å². The minimum Gasteiger partial charge on any atom is -0.334 e. The van der Waals surface area contributed by atoms with E-state index in [0.29, 0.717) is 18.7 Å². The second-order valence-corrected chi connectivity index (χ2v) is 5.44. The number of fused-ring (bicyclic) bond motifs is 1. The van der Waals surface area contributed by atoms with E-state index in [4.69, 9.17) is 5.73 Å². The molecule has 1 aliphatic rings. The van der Waals surface area contributed by atoms with Crippen LogP contribution in [0, 0.1) is 6.92 Å². The normalized spacial score (nSPS) is 18.4. The van der Waals surface area contributed by atoms with Gasteiger partial charge in [0.15, 0.2) is 0 Å². The summed E-state index contributed by atoms with van der Waals surface area (Å²) in [5.74, 6) is -0.268. The molecule has 2 aromatic heterocycles. The minimum absolute atomic E-state index is 0.0237. The van der Waals surface area contributed by atoms with Crippen LogP contribution in [0.5, 0.6) is 0 Å². The summed E-state index contributed by atoms with van der Waals surface area (Å²) in [5, 5.41) is 0. The number of carbonyl (C=O) groups is 1. The Morgan fingerprint density at radius 1 is 1.52 bits per heavy atom. The summed E-state index contributed by atoms with van der Waals surface area (Å²) in [6, 6.07) is 3.66. The Labute approximate surface area is 122 Å². The molecule has 0 saturated carbocycles. The fraction of sp³-hybridized carbons (Fsp3) is 0.400. The van der Waals surface area contributed by atoms with Crippen LogP contribution in [-0.4, -0.2) is 39.3 Å². The lowest BCUT2D eigenvalue weighted by atomic mass is 10.2. The van der Waals surface area contributed by atoms with Gasteiger partial charge in [0.2, 0.25) is 0 Å². The molecule has 110 valence electrons. The first-order valence-electron chi connectivity index (χ1n) is 7.11. The number of likely N-dealkylation sites (tertiary alicyclic amines) is 1. The van der Waals surface area contributed by atoms with E-state index in [0.717, 1.165) is 18.4 Å². The fourth-order valence-corrected chi connectivity index (χ4v) is 2.83. The molecule has 0 aliphatic carbocycles. The van der Waals surface area contributed by atoms with Crippen molar-refractivity contribution in [3.8, 4) is 0 Å². The Morgan fingerprint density at radius 2 is 2.33 bits per heavy atom. The Hall–Kier alpha value is -2.21. The molecule has 2 aromatic rings. The third-order valence-corrected chi connectivity index (χ3v) is 4.01. The summed E-state index contributed by atoms with van der Waals surface area (Å²) in [6.07, 6.45) is 4.85. The highest BCUT2D eigenvalue weighted by molar-refractivity contribution is 5.94. The fourth-order valence-electron chi connectivity index (χ4n) is 2.83. The number of aromatic nitrogens is 2. The molecule has 1 aliphatic heterocycles. The number of hydrogen-bond donors (Lipinski definition) is 1. The summed E-state index contributed by atoms with van der Waals surface area (Å²) >= 11 is 0. The Morgan fingerprint density at radius 3 is 3.10 bits per heavy atom. The van der Waals surface area contributed by atoms with Crippen molar-refractivity contribution in [1.29, 1.82) is 0 Å². The van der Waals surface area contributed by atoms with Gasteiger partial charge in [-0.3, -0.25) is 14.0 Å². The highest BCUT2D eigenvalue weighted by atomic mass is 16.2. The highest BCUT2D eigenvalue weighted by Gasteiger charge is 2.30. The molecule has 0 radical (unpaired) electrons. The number of aryl methyl sites for hydroxylation is 1. The van der Waals surface area contributed by atoms with Crippen molar-refractivity contribution in [3.63, 3.8) is 0 Å². The predicted octanol–water partition coefficient (Wildman–Crippen LogP) is 0.566. The van der Waals surface area contributed by atoms with Gasteiger partial charge in [-0.05, 0) is 37.5 Å². The first-order chi connectivity index (χ1) is 10.1. The second kappa shape index (κ2) is 5.29. The summed E-state index contributed by atoms with van der Waals surface area (Å²) in [4.78, 5) is 31.0. The molecule has 2 N–H and O–H groups in total. The summed E-state index contributed by atoms with van der Waals surface area (Å²) in [7, 11) is 0. The maximum Gasteiger partial charge on any atom is 0.270 e. The van der Waals surface area contributed by atoms with Crippen molar-refractivity contribution in [1.82, 2.24) is 14.3 Å². The molecule has 1 fully saturated rings. The van der Waals surface area contributed by atoms with Gasteiger partial charge in [0, 0.05) is 31.5 Å². The lowest BCUT2D eigenvalue weighted by Gasteiger charge is -2.23. The van der Waals surface area contributed by atoms with Crippen LogP contribution in [0.4, 0.5) is 0 Å². The van der Waals surface area contributed by atoms with E-state index in [9.17, 15) is 9.59 Å². The van der Waals surface area contributed by atoms with Crippen LogP contribution < -0.4 is 11.3 Å². The lowest BCUT2D eigenvalue weighted by Crippen LogP contribution is -2.42. The first-order valence-corrected chi connectivity index (χ1v) is 7.11. The largest absolute Gasteiger partial charge is 0.334 e. The van der Waals surface area contributed by atoms with Crippen molar-refractivity contribution in [2.45, 2.75) is 25.8 Å². The van der Waals surface area contributed by atoms with Crippen molar-refractivity contribution < 1.29 is 4.79 Å². The Kier molecular flexibility index (Phi) is 3.47. The zero-order chi connectivity index (χ0) is 15.0. The van der Waals surface area contributed by atoms with Crippen molar-refractivity contribution in [2.24, 2.45) is 5.73 Å². The summed E-state index contributed by atoms with van der Waals surface area (Å²) < 4.78 is 1.41. The van der Waals surface area contributed by atoms with E-state index in [2.05, 4.69) is 4.98 Å². The van der Waals surface area contributed by atoms with Crippen molar-refractivity contribution in [2.75, 3.05) is 13.1 Å². The molecule has 1 saturated heterocycles. The maximum atomic E-state index is 12.6. The maximum absolute atomic E-state index is 12.6. The van der Waals surface area contributed by atoms with E-state index in [1.54, 1.807) is 11.1 Å². The molecule has 3 heterocycles. The molecular formula is C15H18N4O2. The number of rotatable bonds is 2. The second-order valence-electron chi connectivity index (χ2n) is 5.44. The molecule has 1 atom stereocenters. The van der Waals surface area contributed by atoms with Gasteiger partial charge < -0.3 is 10.6 Å².